The minimum atomic E-state index is -0.787. The number of hydrogen-bond acceptors (Lipinski definition) is 6. The highest BCUT2D eigenvalue weighted by atomic mass is 32.1. The van der Waals surface area contributed by atoms with Gasteiger partial charge in [0, 0.05) is 11.4 Å². The summed E-state index contributed by atoms with van der Waals surface area (Å²) >= 11 is 1.43. The number of thiophene rings is 1. The first kappa shape index (κ1) is 24.3. The molecule has 0 spiro atoms. The van der Waals surface area contributed by atoms with Crippen LogP contribution < -0.4 is 5.32 Å². The molecule has 35 heavy (non-hydrogen) atoms. The molecule has 0 saturated carbocycles. The molecule has 1 unspecified atom stereocenters. The van der Waals surface area contributed by atoms with E-state index in [1.807, 2.05) is 24.4 Å². The van der Waals surface area contributed by atoms with Gasteiger partial charge in [-0.3, -0.25) is 19.3 Å². The second-order valence-electron chi connectivity index (χ2n) is 8.02. The molecule has 1 aliphatic heterocycles. The summed E-state index contributed by atoms with van der Waals surface area (Å²) in [5.41, 5.74) is 1.16. The number of rotatable bonds is 9. The fourth-order valence-electron chi connectivity index (χ4n) is 3.78. The van der Waals surface area contributed by atoms with Gasteiger partial charge in [-0.05, 0) is 53.8 Å². The summed E-state index contributed by atoms with van der Waals surface area (Å²) in [5.74, 6) is -2.53. The number of halogens is 1. The minimum absolute atomic E-state index is 0.0726. The van der Waals surface area contributed by atoms with Crippen LogP contribution in [-0.2, 0) is 9.53 Å². The van der Waals surface area contributed by atoms with E-state index in [2.05, 4.69) is 5.32 Å². The highest BCUT2D eigenvalue weighted by molar-refractivity contribution is 7.10. The van der Waals surface area contributed by atoms with E-state index in [1.165, 1.54) is 46.6 Å². The molecule has 1 N–H and O–H groups in total. The number of nitrogens with one attached hydrogen (secondary N) is 1. The molecule has 180 valence electrons. The molecule has 2 heterocycles. The highest BCUT2D eigenvalue weighted by Gasteiger charge is 2.35. The molecule has 1 aliphatic rings. The fraction of sp³-hybridized carbons (Fsp3) is 0.231. The molecule has 1 aromatic heterocycles. The lowest BCUT2D eigenvalue weighted by Gasteiger charge is -2.18. The number of imide groups is 1. The van der Waals surface area contributed by atoms with E-state index in [1.54, 1.807) is 12.1 Å². The molecule has 0 fully saturated rings. The van der Waals surface area contributed by atoms with Crippen molar-refractivity contribution in [3.05, 3.63) is 92.9 Å². The van der Waals surface area contributed by atoms with Gasteiger partial charge in [0.15, 0.2) is 6.61 Å². The number of carbonyl (C=O) groups is 4. The Morgan fingerprint density at radius 3 is 2.49 bits per heavy atom. The van der Waals surface area contributed by atoms with Gasteiger partial charge in [0.25, 0.3) is 17.7 Å². The van der Waals surface area contributed by atoms with E-state index in [0.717, 1.165) is 11.3 Å². The van der Waals surface area contributed by atoms with Gasteiger partial charge in [0.2, 0.25) is 0 Å². The maximum Gasteiger partial charge on any atom is 0.338 e. The maximum absolute atomic E-state index is 13.3. The van der Waals surface area contributed by atoms with Crippen molar-refractivity contribution in [1.29, 1.82) is 0 Å². The number of hydrogen-bond donors (Lipinski definition) is 1. The second kappa shape index (κ2) is 10.6. The number of unbranched alkanes of at least 4 members (excludes halogenated alkanes) is 1. The molecule has 0 saturated heterocycles. The molecule has 7 nitrogen and oxygen atoms in total. The van der Waals surface area contributed by atoms with Crippen molar-refractivity contribution >= 4 is 35.0 Å². The van der Waals surface area contributed by atoms with Crippen LogP contribution in [0.4, 0.5) is 4.39 Å². The van der Waals surface area contributed by atoms with E-state index in [0.29, 0.717) is 18.5 Å². The molecule has 2 aromatic carbocycles. The smallest absolute Gasteiger partial charge is 0.338 e. The number of benzene rings is 2. The van der Waals surface area contributed by atoms with Crippen molar-refractivity contribution < 1.29 is 28.3 Å². The fourth-order valence-corrected chi connectivity index (χ4v) is 4.59. The van der Waals surface area contributed by atoms with Crippen LogP contribution in [-0.4, -0.2) is 41.7 Å². The standard InChI is InChI=1S/C26H23FN2O5S/c1-2-3-12-29-24(31)19-11-8-17(14-20(19)25(29)32)26(33)34-15-22(30)28-23(21-5-4-13-35-21)16-6-9-18(27)10-7-16/h4-11,13-14,23H,2-3,12,15H2,1H3,(H,28,30). The van der Waals surface area contributed by atoms with Crippen molar-refractivity contribution in [3.63, 3.8) is 0 Å². The predicted molar refractivity (Wildman–Crippen MR) is 128 cm³/mol. The normalized spacial score (nSPS) is 13.5. The zero-order valence-electron chi connectivity index (χ0n) is 19.0. The van der Waals surface area contributed by atoms with E-state index in [4.69, 9.17) is 4.74 Å². The zero-order valence-corrected chi connectivity index (χ0v) is 19.8. The largest absolute Gasteiger partial charge is 0.452 e. The van der Waals surface area contributed by atoms with Gasteiger partial charge in [-0.1, -0.05) is 31.5 Å². The van der Waals surface area contributed by atoms with E-state index < -0.39 is 30.4 Å². The number of ether oxygens (including phenoxy) is 1. The van der Waals surface area contributed by atoms with Gasteiger partial charge in [-0.2, -0.15) is 0 Å². The summed E-state index contributed by atoms with van der Waals surface area (Å²) in [5, 5.41) is 4.67. The molecule has 9 heteroatoms. The Balaban J connectivity index is 1.41. The van der Waals surface area contributed by atoms with Crippen LogP contribution in [0.3, 0.4) is 0 Å². The van der Waals surface area contributed by atoms with Gasteiger partial charge < -0.3 is 10.1 Å². The third kappa shape index (κ3) is 5.30. The third-order valence-corrected chi connectivity index (χ3v) is 6.55. The van der Waals surface area contributed by atoms with Crippen LogP contribution in [0.2, 0.25) is 0 Å². The Kier molecular flexibility index (Phi) is 7.36. The van der Waals surface area contributed by atoms with Gasteiger partial charge >= 0.3 is 5.97 Å². The Morgan fingerprint density at radius 2 is 1.80 bits per heavy atom. The molecular weight excluding hydrogens is 471 g/mol. The first-order valence-electron chi connectivity index (χ1n) is 11.1. The third-order valence-electron chi connectivity index (χ3n) is 5.61. The summed E-state index contributed by atoms with van der Waals surface area (Å²) in [6.45, 7) is 1.74. The number of amides is 3. The van der Waals surface area contributed by atoms with E-state index in [-0.39, 0.29) is 28.4 Å². The summed E-state index contributed by atoms with van der Waals surface area (Å²) in [6.07, 6.45) is 1.53. The van der Waals surface area contributed by atoms with Gasteiger partial charge in [0.1, 0.15) is 5.82 Å². The number of fused-ring (bicyclic) bond motifs is 1. The monoisotopic (exact) mass is 494 g/mol. The van der Waals surface area contributed by atoms with Crippen molar-refractivity contribution in [2.45, 2.75) is 25.8 Å². The first-order valence-corrected chi connectivity index (χ1v) is 12.0. The molecule has 3 aromatic rings. The predicted octanol–water partition coefficient (Wildman–Crippen LogP) is 4.35. The summed E-state index contributed by atoms with van der Waals surface area (Å²) < 4.78 is 18.5. The van der Waals surface area contributed by atoms with Crippen molar-refractivity contribution in [1.82, 2.24) is 10.2 Å². The summed E-state index contributed by atoms with van der Waals surface area (Å²) in [7, 11) is 0. The van der Waals surface area contributed by atoms with Crippen LogP contribution in [0.15, 0.2) is 60.0 Å². The summed E-state index contributed by atoms with van der Waals surface area (Å²) in [4.78, 5) is 52.2. The van der Waals surface area contributed by atoms with Gasteiger partial charge in [-0.15, -0.1) is 11.3 Å². The van der Waals surface area contributed by atoms with Crippen LogP contribution in [0.5, 0.6) is 0 Å². The number of carbonyl (C=O) groups excluding carboxylic acids is 4. The van der Waals surface area contributed by atoms with Crippen LogP contribution in [0, 0.1) is 5.82 Å². The lowest BCUT2D eigenvalue weighted by Crippen LogP contribution is -2.32. The highest BCUT2D eigenvalue weighted by Crippen LogP contribution is 2.27. The van der Waals surface area contributed by atoms with Crippen LogP contribution >= 0.6 is 11.3 Å². The van der Waals surface area contributed by atoms with Crippen molar-refractivity contribution in [3.8, 4) is 0 Å². The average molecular weight is 495 g/mol. The molecule has 0 radical (unpaired) electrons. The van der Waals surface area contributed by atoms with Gasteiger partial charge in [-0.25, -0.2) is 9.18 Å². The zero-order chi connectivity index (χ0) is 24.9. The molecule has 3 amide bonds. The molecular formula is C26H23FN2O5S. The lowest BCUT2D eigenvalue weighted by molar-refractivity contribution is -0.124. The Morgan fingerprint density at radius 1 is 1.06 bits per heavy atom. The Hall–Kier alpha value is -3.85. The topological polar surface area (TPSA) is 92.8 Å². The number of nitrogens with zero attached hydrogens (tertiary/aromatic N) is 1. The molecule has 0 bridgehead atoms. The average Bonchev–Trinajstić information content (AvgIpc) is 3.48. The number of esters is 1. The molecule has 0 aliphatic carbocycles. The van der Waals surface area contributed by atoms with Crippen molar-refractivity contribution in [2.75, 3.05) is 13.2 Å². The van der Waals surface area contributed by atoms with Gasteiger partial charge in [0.05, 0.1) is 22.7 Å². The molecule has 4 rings (SSSR count). The SMILES string of the molecule is CCCCN1C(=O)c2ccc(C(=O)OCC(=O)NC(c3ccc(F)cc3)c3cccs3)cc2C1=O. The quantitative estimate of drug-likeness (QED) is 0.353. The van der Waals surface area contributed by atoms with Crippen molar-refractivity contribution in [2.24, 2.45) is 0 Å². The Bertz CT molecular complexity index is 1260. The van der Waals surface area contributed by atoms with Crippen LogP contribution in [0.25, 0.3) is 0 Å². The second-order valence-corrected chi connectivity index (χ2v) is 9.00. The maximum atomic E-state index is 13.3. The summed E-state index contributed by atoms with van der Waals surface area (Å²) in [6, 6.07) is 13.1. The molecule has 1 atom stereocenters. The van der Waals surface area contributed by atoms with E-state index in [9.17, 15) is 23.6 Å². The van der Waals surface area contributed by atoms with Crippen LogP contribution in [0.1, 0.15) is 67.3 Å². The lowest BCUT2D eigenvalue weighted by atomic mass is 10.1. The Labute approximate surface area is 205 Å². The first-order chi connectivity index (χ1) is 16.9. The van der Waals surface area contributed by atoms with E-state index >= 15 is 0 Å². The minimum Gasteiger partial charge on any atom is -0.452 e.